The van der Waals surface area contributed by atoms with Crippen LogP contribution < -0.4 is 21.1 Å². The number of benzene rings is 2. The van der Waals surface area contributed by atoms with Crippen molar-refractivity contribution in [2.75, 3.05) is 30.3 Å². The molecule has 2 amide bonds. The third-order valence-corrected chi connectivity index (χ3v) is 6.30. The molecule has 0 bridgehead atoms. The standard InChI is InChI=1S/C25H21ClF4N4O3/c26-15-4-6-16(7-5-15)31-23(36)18-12-33(14-25(28,29)30)13-19(18)24(37)32-21-9-8-17(11-20(21)27)34-10-2-1-3-22(34)35/h1-11,18-19H,12-14H2,(H,31,36)(H,32,37)/p+1/t18-,19-/m0/s1. The predicted octanol–water partition coefficient (Wildman–Crippen LogP) is 2.90. The van der Waals surface area contributed by atoms with Gasteiger partial charge in [-0.25, -0.2) is 4.39 Å². The fourth-order valence-corrected chi connectivity index (χ4v) is 4.48. The number of alkyl halides is 3. The number of rotatable bonds is 6. The first-order valence-corrected chi connectivity index (χ1v) is 11.6. The summed E-state index contributed by atoms with van der Waals surface area (Å²) >= 11 is 5.84. The van der Waals surface area contributed by atoms with Gasteiger partial charge in [0.1, 0.15) is 17.7 Å². The molecule has 0 spiro atoms. The van der Waals surface area contributed by atoms with Gasteiger partial charge in [0.2, 0.25) is 11.8 Å². The van der Waals surface area contributed by atoms with Crippen molar-refractivity contribution in [2.24, 2.45) is 11.8 Å². The van der Waals surface area contributed by atoms with Crippen LogP contribution in [-0.4, -0.2) is 42.2 Å². The number of carbonyl (C=O) groups excluding carboxylic acids is 2. The molecule has 1 aliphatic heterocycles. The lowest BCUT2D eigenvalue weighted by molar-refractivity contribution is -0.900. The summed E-state index contributed by atoms with van der Waals surface area (Å²) in [6, 6.07) is 14.3. The number of anilines is 2. The molecule has 2 aromatic carbocycles. The highest BCUT2D eigenvalue weighted by molar-refractivity contribution is 6.30. The van der Waals surface area contributed by atoms with E-state index in [1.807, 2.05) is 0 Å². The molecule has 1 aromatic heterocycles. The number of hydrogen-bond acceptors (Lipinski definition) is 3. The molecule has 1 aliphatic rings. The molecule has 0 aliphatic carbocycles. The molecule has 37 heavy (non-hydrogen) atoms. The monoisotopic (exact) mass is 537 g/mol. The van der Waals surface area contributed by atoms with E-state index >= 15 is 0 Å². The van der Waals surface area contributed by atoms with Crippen LogP contribution in [0.4, 0.5) is 28.9 Å². The molecular weight excluding hydrogens is 516 g/mol. The SMILES string of the molecule is O=C(Nc1ccc(Cl)cc1)[C@H]1C[NH+](CC(F)(F)F)C[C@@H]1C(=O)Nc1ccc(-n2ccccc2=O)cc1F. The summed E-state index contributed by atoms with van der Waals surface area (Å²) in [4.78, 5) is 38.0. The zero-order chi connectivity index (χ0) is 26.7. The second-order valence-electron chi connectivity index (χ2n) is 8.72. The molecule has 2 heterocycles. The van der Waals surface area contributed by atoms with Gasteiger partial charge in [0.05, 0.1) is 24.5 Å². The normalized spacial score (nSPS) is 19.4. The van der Waals surface area contributed by atoms with Crippen LogP contribution in [0.1, 0.15) is 0 Å². The van der Waals surface area contributed by atoms with Crippen molar-refractivity contribution >= 4 is 34.8 Å². The number of carbonyl (C=O) groups is 2. The van der Waals surface area contributed by atoms with Crippen LogP contribution in [0.2, 0.25) is 5.02 Å². The summed E-state index contributed by atoms with van der Waals surface area (Å²) in [7, 11) is 0. The van der Waals surface area contributed by atoms with Crippen molar-refractivity contribution in [3.63, 3.8) is 0 Å². The number of amides is 2. The molecular formula is C25H22ClF4N4O3+. The lowest BCUT2D eigenvalue weighted by Gasteiger charge is -2.16. The number of likely N-dealkylation sites (tertiary alicyclic amines) is 1. The predicted molar refractivity (Wildman–Crippen MR) is 129 cm³/mol. The fourth-order valence-electron chi connectivity index (χ4n) is 4.36. The van der Waals surface area contributed by atoms with Gasteiger partial charge in [-0.2, -0.15) is 13.2 Å². The topological polar surface area (TPSA) is 84.6 Å². The van der Waals surface area contributed by atoms with Gasteiger partial charge in [-0.1, -0.05) is 17.7 Å². The van der Waals surface area contributed by atoms with Gasteiger partial charge in [0.15, 0.2) is 6.54 Å². The summed E-state index contributed by atoms with van der Waals surface area (Å²) in [6.45, 7) is -1.70. The minimum Gasteiger partial charge on any atom is -0.326 e. The summed E-state index contributed by atoms with van der Waals surface area (Å²) in [6.07, 6.45) is -3.04. The van der Waals surface area contributed by atoms with Crippen molar-refractivity contribution in [3.8, 4) is 5.69 Å². The number of pyridine rings is 1. The van der Waals surface area contributed by atoms with Gasteiger partial charge in [0, 0.05) is 29.0 Å². The van der Waals surface area contributed by atoms with Gasteiger partial charge in [-0.05, 0) is 42.5 Å². The average Bonchev–Trinajstić information content (AvgIpc) is 3.24. The van der Waals surface area contributed by atoms with Crippen LogP contribution in [0.3, 0.4) is 0 Å². The molecule has 4 rings (SSSR count). The number of halogens is 5. The van der Waals surface area contributed by atoms with E-state index in [0.29, 0.717) is 10.7 Å². The molecule has 3 atom stereocenters. The molecule has 7 nitrogen and oxygen atoms in total. The van der Waals surface area contributed by atoms with Gasteiger partial charge in [0.25, 0.3) is 5.56 Å². The van der Waals surface area contributed by atoms with Crippen molar-refractivity contribution < 1.29 is 32.1 Å². The zero-order valence-electron chi connectivity index (χ0n) is 19.2. The number of hydrogen-bond donors (Lipinski definition) is 3. The van der Waals surface area contributed by atoms with Crippen molar-refractivity contribution in [2.45, 2.75) is 6.18 Å². The van der Waals surface area contributed by atoms with Crippen LogP contribution in [-0.2, 0) is 9.59 Å². The first-order valence-electron chi connectivity index (χ1n) is 11.3. The summed E-state index contributed by atoms with van der Waals surface area (Å²) in [5, 5.41) is 5.43. The molecule has 3 N–H and O–H groups in total. The molecule has 1 saturated heterocycles. The third kappa shape index (κ3) is 6.55. The van der Waals surface area contributed by atoms with Crippen LogP contribution in [0.25, 0.3) is 5.69 Å². The first kappa shape index (κ1) is 26.4. The molecule has 1 unspecified atom stereocenters. The third-order valence-electron chi connectivity index (χ3n) is 6.05. The van der Waals surface area contributed by atoms with Crippen LogP contribution in [0, 0.1) is 17.7 Å². The first-order chi connectivity index (χ1) is 17.5. The smallest absolute Gasteiger partial charge is 0.326 e. The summed E-state index contributed by atoms with van der Waals surface area (Å²) < 4.78 is 55.2. The Kier molecular flexibility index (Phi) is 7.65. The Bertz CT molecular complexity index is 1360. The van der Waals surface area contributed by atoms with Crippen molar-refractivity contribution in [1.29, 1.82) is 0 Å². The Balaban J connectivity index is 1.53. The number of quaternary nitrogens is 1. The minimum atomic E-state index is -4.49. The van der Waals surface area contributed by atoms with E-state index in [1.165, 1.54) is 59.3 Å². The number of nitrogens with one attached hydrogen (secondary N) is 3. The lowest BCUT2D eigenvalue weighted by Crippen LogP contribution is -3.12. The van der Waals surface area contributed by atoms with E-state index in [2.05, 4.69) is 10.6 Å². The van der Waals surface area contributed by atoms with E-state index in [-0.39, 0.29) is 34.9 Å². The molecule has 0 radical (unpaired) electrons. The molecule has 3 aromatic rings. The summed E-state index contributed by atoms with van der Waals surface area (Å²) in [5.41, 5.74) is -0.00984. The van der Waals surface area contributed by atoms with E-state index < -0.39 is 42.2 Å². The quantitative estimate of drug-likeness (QED) is 0.423. The number of nitrogens with zero attached hydrogens (tertiary/aromatic N) is 1. The average molecular weight is 538 g/mol. The lowest BCUT2D eigenvalue weighted by atomic mass is 9.94. The van der Waals surface area contributed by atoms with Gasteiger partial charge < -0.3 is 15.5 Å². The van der Waals surface area contributed by atoms with Crippen LogP contribution in [0.15, 0.2) is 71.7 Å². The highest BCUT2D eigenvalue weighted by Gasteiger charge is 2.48. The maximum Gasteiger partial charge on any atom is 0.438 e. The van der Waals surface area contributed by atoms with Crippen molar-refractivity contribution in [1.82, 2.24) is 4.57 Å². The molecule has 194 valence electrons. The van der Waals surface area contributed by atoms with E-state index in [9.17, 15) is 31.9 Å². The zero-order valence-corrected chi connectivity index (χ0v) is 19.9. The molecule has 12 heteroatoms. The largest absolute Gasteiger partial charge is 0.438 e. The summed E-state index contributed by atoms with van der Waals surface area (Å²) in [5.74, 6) is -4.48. The van der Waals surface area contributed by atoms with Gasteiger partial charge >= 0.3 is 6.18 Å². The maximum atomic E-state index is 14.8. The minimum absolute atomic E-state index is 0.0168. The highest BCUT2D eigenvalue weighted by atomic mass is 35.5. The molecule has 0 saturated carbocycles. The van der Waals surface area contributed by atoms with Gasteiger partial charge in [-0.15, -0.1) is 0 Å². The van der Waals surface area contributed by atoms with Crippen molar-refractivity contribution in [3.05, 3.63) is 88.1 Å². The Labute approximate surface area is 213 Å². The second-order valence-corrected chi connectivity index (χ2v) is 9.16. The second kappa shape index (κ2) is 10.7. The Morgan fingerprint density at radius 1 is 0.973 bits per heavy atom. The van der Waals surface area contributed by atoms with Crippen LogP contribution in [0.5, 0.6) is 0 Å². The highest BCUT2D eigenvalue weighted by Crippen LogP contribution is 2.24. The fraction of sp³-hybridized carbons (Fsp3) is 0.240. The molecule has 1 fully saturated rings. The maximum absolute atomic E-state index is 14.8. The Morgan fingerprint density at radius 3 is 2.22 bits per heavy atom. The van der Waals surface area contributed by atoms with E-state index in [1.54, 1.807) is 6.07 Å². The number of aromatic nitrogens is 1. The Hall–Kier alpha value is -3.70. The van der Waals surface area contributed by atoms with E-state index in [4.69, 9.17) is 11.6 Å². The van der Waals surface area contributed by atoms with E-state index in [0.717, 1.165) is 6.07 Å². The van der Waals surface area contributed by atoms with Gasteiger partial charge in [-0.3, -0.25) is 19.0 Å². The van der Waals surface area contributed by atoms with Crippen LogP contribution >= 0.6 is 11.6 Å². The Morgan fingerprint density at radius 2 is 1.62 bits per heavy atom.